The van der Waals surface area contributed by atoms with Crippen LogP contribution in [0.1, 0.15) is 15.9 Å². The van der Waals surface area contributed by atoms with Crippen molar-refractivity contribution in [3.63, 3.8) is 0 Å². The lowest BCUT2D eigenvalue weighted by Crippen LogP contribution is -2.11. The summed E-state index contributed by atoms with van der Waals surface area (Å²) in [5.74, 6) is 0.612. The molecule has 0 saturated heterocycles. The maximum atomic E-state index is 13.1. The van der Waals surface area contributed by atoms with Gasteiger partial charge in [0, 0.05) is 28.7 Å². The summed E-state index contributed by atoms with van der Waals surface area (Å²) in [6, 6.07) is 22.5. The average Bonchev–Trinajstić information content (AvgIpc) is 2.76. The minimum Gasteiger partial charge on any atom is -0.340 e. The third-order valence-corrected chi connectivity index (χ3v) is 4.49. The molecule has 6 heteroatoms. The Labute approximate surface area is 173 Å². The molecule has 0 radical (unpaired) electrons. The second-order valence-electron chi connectivity index (χ2n) is 6.79. The van der Waals surface area contributed by atoms with E-state index in [9.17, 15) is 9.18 Å². The standard InChI is InChI=1S/C24H19FN4O/c1-16-2-10-21(11-3-16)28-24(30)18-6-12-20(13-7-18)27-22-14-15-26-23(29-22)17-4-8-19(25)9-5-17/h2-15H,1H3,(H,28,30)(H,26,27,29). The summed E-state index contributed by atoms with van der Waals surface area (Å²) in [7, 11) is 0. The quantitative estimate of drug-likeness (QED) is 0.460. The zero-order chi connectivity index (χ0) is 20.9. The summed E-state index contributed by atoms with van der Waals surface area (Å²) in [5.41, 5.74) is 3.95. The predicted molar refractivity (Wildman–Crippen MR) is 116 cm³/mol. The first kappa shape index (κ1) is 19.3. The van der Waals surface area contributed by atoms with E-state index in [-0.39, 0.29) is 11.7 Å². The molecule has 0 aliphatic carbocycles. The van der Waals surface area contributed by atoms with E-state index in [1.54, 1.807) is 36.5 Å². The monoisotopic (exact) mass is 398 g/mol. The van der Waals surface area contributed by atoms with E-state index in [1.807, 2.05) is 43.3 Å². The molecule has 4 rings (SSSR count). The van der Waals surface area contributed by atoms with Crippen LogP contribution in [0.4, 0.5) is 21.6 Å². The molecule has 1 amide bonds. The number of halogens is 1. The lowest BCUT2D eigenvalue weighted by molar-refractivity contribution is 0.102. The van der Waals surface area contributed by atoms with Gasteiger partial charge < -0.3 is 10.6 Å². The van der Waals surface area contributed by atoms with Crippen LogP contribution >= 0.6 is 0 Å². The Kier molecular flexibility index (Phi) is 5.48. The number of nitrogens with zero attached hydrogens (tertiary/aromatic N) is 2. The van der Waals surface area contributed by atoms with E-state index in [0.717, 1.165) is 22.5 Å². The van der Waals surface area contributed by atoms with E-state index in [1.165, 1.54) is 12.1 Å². The van der Waals surface area contributed by atoms with Gasteiger partial charge in [0.25, 0.3) is 5.91 Å². The summed E-state index contributed by atoms with van der Waals surface area (Å²) in [4.78, 5) is 21.1. The maximum absolute atomic E-state index is 13.1. The van der Waals surface area contributed by atoms with Crippen LogP contribution in [0.5, 0.6) is 0 Å². The molecule has 5 nitrogen and oxygen atoms in total. The van der Waals surface area contributed by atoms with Crippen molar-refractivity contribution < 1.29 is 9.18 Å². The Balaban J connectivity index is 1.44. The highest BCUT2D eigenvalue weighted by atomic mass is 19.1. The second-order valence-corrected chi connectivity index (χ2v) is 6.79. The molecule has 0 atom stereocenters. The smallest absolute Gasteiger partial charge is 0.255 e. The molecule has 148 valence electrons. The van der Waals surface area contributed by atoms with Gasteiger partial charge in [-0.1, -0.05) is 17.7 Å². The van der Waals surface area contributed by atoms with E-state index in [4.69, 9.17) is 0 Å². The molecular weight excluding hydrogens is 379 g/mol. The average molecular weight is 398 g/mol. The van der Waals surface area contributed by atoms with Crippen molar-refractivity contribution in [3.8, 4) is 11.4 Å². The van der Waals surface area contributed by atoms with Crippen molar-refractivity contribution in [2.75, 3.05) is 10.6 Å². The molecule has 1 heterocycles. The number of aromatic nitrogens is 2. The molecular formula is C24H19FN4O. The molecule has 0 fully saturated rings. The van der Waals surface area contributed by atoms with Gasteiger partial charge in [-0.3, -0.25) is 4.79 Å². The van der Waals surface area contributed by atoms with E-state index in [0.29, 0.717) is 17.2 Å². The second kappa shape index (κ2) is 8.53. The van der Waals surface area contributed by atoms with Gasteiger partial charge >= 0.3 is 0 Å². The highest BCUT2D eigenvalue weighted by Gasteiger charge is 2.07. The summed E-state index contributed by atoms with van der Waals surface area (Å²) in [6.07, 6.45) is 1.64. The minimum atomic E-state index is -0.306. The zero-order valence-electron chi connectivity index (χ0n) is 16.3. The van der Waals surface area contributed by atoms with Gasteiger partial charge in [0.1, 0.15) is 11.6 Å². The number of carbonyl (C=O) groups excluding carboxylic acids is 1. The van der Waals surface area contributed by atoms with Crippen molar-refractivity contribution in [1.29, 1.82) is 0 Å². The topological polar surface area (TPSA) is 66.9 Å². The highest BCUT2D eigenvalue weighted by Crippen LogP contribution is 2.20. The van der Waals surface area contributed by atoms with Crippen LogP contribution in [0, 0.1) is 12.7 Å². The fourth-order valence-electron chi connectivity index (χ4n) is 2.86. The molecule has 30 heavy (non-hydrogen) atoms. The molecule has 0 unspecified atom stereocenters. The van der Waals surface area contributed by atoms with E-state index in [2.05, 4.69) is 20.6 Å². The summed E-state index contributed by atoms with van der Waals surface area (Å²) in [6.45, 7) is 2.00. The summed E-state index contributed by atoms with van der Waals surface area (Å²) in [5, 5.41) is 6.07. The van der Waals surface area contributed by atoms with E-state index >= 15 is 0 Å². The van der Waals surface area contributed by atoms with Crippen LogP contribution in [0.3, 0.4) is 0 Å². The van der Waals surface area contributed by atoms with Gasteiger partial charge in [-0.15, -0.1) is 0 Å². The number of hydrogen-bond donors (Lipinski definition) is 2. The van der Waals surface area contributed by atoms with Crippen molar-refractivity contribution in [2.45, 2.75) is 6.92 Å². The maximum Gasteiger partial charge on any atom is 0.255 e. The fourth-order valence-corrected chi connectivity index (χ4v) is 2.86. The molecule has 4 aromatic rings. The number of aryl methyl sites for hydroxylation is 1. The van der Waals surface area contributed by atoms with Gasteiger partial charge in [-0.2, -0.15) is 0 Å². The van der Waals surface area contributed by atoms with Crippen molar-refractivity contribution >= 4 is 23.1 Å². The molecule has 0 bridgehead atoms. The first-order valence-electron chi connectivity index (χ1n) is 9.41. The number of nitrogens with one attached hydrogen (secondary N) is 2. The minimum absolute atomic E-state index is 0.175. The molecule has 2 N–H and O–H groups in total. The molecule has 1 aromatic heterocycles. The summed E-state index contributed by atoms with van der Waals surface area (Å²) >= 11 is 0. The zero-order valence-corrected chi connectivity index (χ0v) is 16.3. The fraction of sp³-hybridized carbons (Fsp3) is 0.0417. The number of rotatable bonds is 5. The van der Waals surface area contributed by atoms with Crippen LogP contribution in [-0.2, 0) is 0 Å². The number of carbonyl (C=O) groups is 1. The lowest BCUT2D eigenvalue weighted by atomic mass is 10.1. The predicted octanol–water partition coefficient (Wildman–Crippen LogP) is 5.59. The Morgan fingerprint density at radius 3 is 2.20 bits per heavy atom. The van der Waals surface area contributed by atoms with Crippen LogP contribution in [0.25, 0.3) is 11.4 Å². The molecule has 0 aliphatic rings. The Morgan fingerprint density at radius 1 is 0.833 bits per heavy atom. The molecule has 3 aromatic carbocycles. The van der Waals surface area contributed by atoms with Gasteiger partial charge in [0.2, 0.25) is 0 Å². The third-order valence-electron chi connectivity index (χ3n) is 4.49. The Morgan fingerprint density at radius 2 is 1.50 bits per heavy atom. The largest absolute Gasteiger partial charge is 0.340 e. The first-order valence-corrected chi connectivity index (χ1v) is 9.41. The van der Waals surface area contributed by atoms with Crippen LogP contribution in [0.15, 0.2) is 85.1 Å². The van der Waals surface area contributed by atoms with Crippen LogP contribution in [-0.4, -0.2) is 15.9 Å². The third kappa shape index (κ3) is 4.67. The van der Waals surface area contributed by atoms with Crippen molar-refractivity contribution in [1.82, 2.24) is 9.97 Å². The van der Waals surface area contributed by atoms with Gasteiger partial charge in [0.15, 0.2) is 5.82 Å². The molecule has 0 aliphatic heterocycles. The first-order chi connectivity index (χ1) is 14.6. The summed E-state index contributed by atoms with van der Waals surface area (Å²) < 4.78 is 13.1. The van der Waals surface area contributed by atoms with Crippen molar-refractivity contribution in [2.24, 2.45) is 0 Å². The number of anilines is 3. The van der Waals surface area contributed by atoms with E-state index < -0.39 is 0 Å². The van der Waals surface area contributed by atoms with Crippen LogP contribution in [0.2, 0.25) is 0 Å². The molecule has 0 saturated carbocycles. The number of amides is 1. The Bertz CT molecular complexity index is 1160. The number of benzene rings is 3. The highest BCUT2D eigenvalue weighted by molar-refractivity contribution is 6.04. The van der Waals surface area contributed by atoms with Gasteiger partial charge in [0.05, 0.1) is 0 Å². The Hall–Kier alpha value is -4.06. The molecule has 0 spiro atoms. The van der Waals surface area contributed by atoms with Gasteiger partial charge in [-0.05, 0) is 73.7 Å². The van der Waals surface area contributed by atoms with Crippen molar-refractivity contribution in [3.05, 3.63) is 102 Å². The SMILES string of the molecule is Cc1ccc(NC(=O)c2ccc(Nc3ccnc(-c4ccc(F)cc4)n3)cc2)cc1. The lowest BCUT2D eigenvalue weighted by Gasteiger charge is -2.09. The van der Waals surface area contributed by atoms with Crippen LogP contribution < -0.4 is 10.6 Å². The number of hydrogen-bond acceptors (Lipinski definition) is 4. The normalized spacial score (nSPS) is 10.5. The van der Waals surface area contributed by atoms with Gasteiger partial charge in [-0.25, -0.2) is 14.4 Å².